The zero-order valence-corrected chi connectivity index (χ0v) is 21.0. The maximum Gasteiger partial charge on any atom is 0.165 e. The van der Waals surface area contributed by atoms with E-state index in [1.165, 1.54) is 39.3 Å². The highest BCUT2D eigenvalue weighted by atomic mass is 16.5. The topological polar surface area (TPSA) is 42.7 Å². The number of aryl methyl sites for hydroxylation is 4. The second kappa shape index (κ2) is 9.13. The fourth-order valence-corrected chi connectivity index (χ4v) is 5.36. The van der Waals surface area contributed by atoms with Gasteiger partial charge in [0.05, 0.1) is 12.8 Å². The van der Waals surface area contributed by atoms with Crippen LogP contribution in [0, 0.1) is 20.8 Å². The Morgan fingerprint density at radius 2 is 1.91 bits per heavy atom. The Kier molecular flexibility index (Phi) is 6.03. The van der Waals surface area contributed by atoms with Gasteiger partial charge in [0.15, 0.2) is 5.65 Å². The van der Waals surface area contributed by atoms with Crippen LogP contribution >= 0.6 is 0 Å². The fourth-order valence-electron chi connectivity index (χ4n) is 5.36. The van der Waals surface area contributed by atoms with Gasteiger partial charge >= 0.3 is 0 Å². The van der Waals surface area contributed by atoms with Crippen LogP contribution in [0.1, 0.15) is 53.4 Å². The van der Waals surface area contributed by atoms with Gasteiger partial charge in [0, 0.05) is 29.9 Å². The monoisotopic (exact) mass is 454 g/mol. The summed E-state index contributed by atoms with van der Waals surface area (Å²) in [5.74, 6) is 2.10. The molecule has 0 bridgehead atoms. The van der Waals surface area contributed by atoms with Crippen molar-refractivity contribution in [3.63, 3.8) is 0 Å². The third-order valence-corrected chi connectivity index (χ3v) is 6.89. The lowest BCUT2D eigenvalue weighted by molar-refractivity contribution is 0.414. The molecule has 0 aliphatic heterocycles. The third-order valence-electron chi connectivity index (χ3n) is 6.89. The number of aromatic nitrogens is 3. The second-order valence-corrected chi connectivity index (χ2v) is 9.50. The largest absolute Gasteiger partial charge is 0.497 e. The Balaban J connectivity index is 1.71. The van der Waals surface area contributed by atoms with E-state index in [9.17, 15) is 0 Å². The SMILES string of the molecule is CCCN(Cc1cccc(C)c1)c1c2c(nc3c(-c4ccc(OC)cc4C)c(C)nn13)CCC2. The van der Waals surface area contributed by atoms with Crippen molar-refractivity contribution in [2.45, 2.75) is 59.9 Å². The molecule has 2 aromatic heterocycles. The first-order valence-electron chi connectivity index (χ1n) is 12.4. The van der Waals surface area contributed by atoms with Crippen molar-refractivity contribution < 1.29 is 4.74 Å². The van der Waals surface area contributed by atoms with Gasteiger partial charge in [-0.05, 0) is 75.3 Å². The molecule has 4 aromatic rings. The van der Waals surface area contributed by atoms with Crippen LogP contribution in [-0.4, -0.2) is 28.3 Å². The molecular weight excluding hydrogens is 420 g/mol. The smallest absolute Gasteiger partial charge is 0.165 e. The molecule has 1 aliphatic rings. The maximum atomic E-state index is 5.44. The number of rotatable bonds is 7. The lowest BCUT2D eigenvalue weighted by Gasteiger charge is -2.27. The Morgan fingerprint density at radius 3 is 2.65 bits per heavy atom. The average Bonchev–Trinajstić information content (AvgIpc) is 3.40. The molecule has 0 fully saturated rings. The number of benzene rings is 2. The zero-order valence-electron chi connectivity index (χ0n) is 21.0. The summed E-state index contributed by atoms with van der Waals surface area (Å²) in [6.45, 7) is 10.5. The predicted molar refractivity (Wildman–Crippen MR) is 139 cm³/mol. The van der Waals surface area contributed by atoms with Crippen LogP contribution in [0.25, 0.3) is 16.8 Å². The van der Waals surface area contributed by atoms with Gasteiger partial charge in [0.2, 0.25) is 0 Å². The van der Waals surface area contributed by atoms with Gasteiger partial charge in [-0.25, -0.2) is 4.98 Å². The van der Waals surface area contributed by atoms with Crippen LogP contribution in [0.5, 0.6) is 5.75 Å². The Hall–Kier alpha value is -3.34. The van der Waals surface area contributed by atoms with E-state index in [1.807, 2.05) is 6.07 Å². The number of ether oxygens (including phenoxy) is 1. The molecule has 34 heavy (non-hydrogen) atoms. The van der Waals surface area contributed by atoms with Gasteiger partial charge in [0.1, 0.15) is 11.6 Å². The predicted octanol–water partition coefficient (Wildman–Crippen LogP) is 6.24. The number of hydrogen-bond acceptors (Lipinski definition) is 4. The number of anilines is 1. The lowest BCUT2D eigenvalue weighted by atomic mass is 10.0. The minimum Gasteiger partial charge on any atom is -0.497 e. The van der Waals surface area contributed by atoms with Crippen LogP contribution in [0.4, 0.5) is 5.82 Å². The first kappa shape index (κ1) is 22.5. The van der Waals surface area contributed by atoms with Gasteiger partial charge in [-0.15, -0.1) is 0 Å². The summed E-state index contributed by atoms with van der Waals surface area (Å²) in [5.41, 5.74) is 10.7. The van der Waals surface area contributed by atoms with E-state index >= 15 is 0 Å². The molecule has 0 radical (unpaired) electrons. The van der Waals surface area contributed by atoms with Crippen molar-refractivity contribution in [1.82, 2.24) is 14.6 Å². The molecule has 1 aliphatic carbocycles. The summed E-state index contributed by atoms with van der Waals surface area (Å²) in [7, 11) is 1.71. The van der Waals surface area contributed by atoms with Gasteiger partial charge in [-0.3, -0.25) is 0 Å². The van der Waals surface area contributed by atoms with E-state index in [-0.39, 0.29) is 0 Å². The molecule has 0 saturated heterocycles. The first-order chi connectivity index (χ1) is 16.5. The third kappa shape index (κ3) is 3.93. The highest BCUT2D eigenvalue weighted by Gasteiger charge is 2.27. The fraction of sp³-hybridized carbons (Fsp3) is 0.379. The Labute approximate surface area is 202 Å². The Morgan fingerprint density at radius 1 is 1.06 bits per heavy atom. The van der Waals surface area contributed by atoms with Crippen molar-refractivity contribution in [3.8, 4) is 16.9 Å². The van der Waals surface area contributed by atoms with E-state index in [0.29, 0.717) is 0 Å². The van der Waals surface area contributed by atoms with Crippen molar-refractivity contribution in [3.05, 3.63) is 76.1 Å². The van der Waals surface area contributed by atoms with Gasteiger partial charge in [0.25, 0.3) is 0 Å². The summed E-state index contributed by atoms with van der Waals surface area (Å²) < 4.78 is 7.57. The summed E-state index contributed by atoms with van der Waals surface area (Å²) >= 11 is 0. The minimum absolute atomic E-state index is 0.872. The molecule has 176 valence electrons. The quantitative estimate of drug-likeness (QED) is 0.332. The van der Waals surface area contributed by atoms with Crippen LogP contribution in [0.2, 0.25) is 0 Å². The molecule has 5 nitrogen and oxygen atoms in total. The molecule has 0 spiro atoms. The molecule has 0 N–H and O–H groups in total. The molecule has 0 saturated carbocycles. The van der Waals surface area contributed by atoms with Gasteiger partial charge < -0.3 is 9.64 Å². The molecule has 0 unspecified atom stereocenters. The summed E-state index contributed by atoms with van der Waals surface area (Å²) in [6, 6.07) is 15.1. The van der Waals surface area contributed by atoms with Crippen LogP contribution in [0.3, 0.4) is 0 Å². The minimum atomic E-state index is 0.872. The molecule has 5 rings (SSSR count). The molecule has 2 heterocycles. The van der Waals surface area contributed by atoms with Crippen molar-refractivity contribution in [1.29, 1.82) is 0 Å². The zero-order chi connectivity index (χ0) is 23.8. The van der Waals surface area contributed by atoms with Crippen LogP contribution in [0.15, 0.2) is 42.5 Å². The van der Waals surface area contributed by atoms with E-state index in [0.717, 1.165) is 61.4 Å². The number of hydrogen-bond donors (Lipinski definition) is 0. The van der Waals surface area contributed by atoms with E-state index in [1.54, 1.807) is 7.11 Å². The number of nitrogens with zero attached hydrogens (tertiary/aromatic N) is 4. The van der Waals surface area contributed by atoms with Gasteiger partial charge in [-0.1, -0.05) is 42.8 Å². The number of fused-ring (bicyclic) bond motifs is 2. The molecule has 0 atom stereocenters. The first-order valence-corrected chi connectivity index (χ1v) is 12.4. The highest BCUT2D eigenvalue weighted by molar-refractivity contribution is 5.83. The second-order valence-electron chi connectivity index (χ2n) is 9.50. The normalized spacial score (nSPS) is 12.9. The molecule has 2 aromatic carbocycles. The summed E-state index contributed by atoms with van der Waals surface area (Å²) in [5, 5.41) is 5.09. The summed E-state index contributed by atoms with van der Waals surface area (Å²) in [6.07, 6.45) is 4.34. The molecule has 5 heteroatoms. The van der Waals surface area contributed by atoms with Crippen LogP contribution < -0.4 is 9.64 Å². The van der Waals surface area contributed by atoms with E-state index in [2.05, 4.69) is 73.5 Å². The summed E-state index contributed by atoms with van der Waals surface area (Å²) in [4.78, 5) is 7.72. The lowest BCUT2D eigenvalue weighted by Crippen LogP contribution is -2.27. The average molecular weight is 455 g/mol. The van der Waals surface area contributed by atoms with E-state index < -0.39 is 0 Å². The highest BCUT2D eigenvalue weighted by Crippen LogP contribution is 2.38. The van der Waals surface area contributed by atoms with Crippen LogP contribution in [-0.2, 0) is 19.4 Å². The Bertz CT molecular complexity index is 1350. The van der Waals surface area contributed by atoms with Crippen molar-refractivity contribution >= 4 is 11.5 Å². The van der Waals surface area contributed by atoms with E-state index in [4.69, 9.17) is 14.8 Å². The molecule has 0 amide bonds. The number of methoxy groups -OCH3 is 1. The van der Waals surface area contributed by atoms with Crippen molar-refractivity contribution in [2.75, 3.05) is 18.6 Å². The standard InChI is InChI=1S/C29H34N4O/c1-6-15-32(18-22-10-7-9-19(2)16-22)29-25-11-8-12-26(25)30-28-27(21(4)31-33(28)29)24-14-13-23(34-5)17-20(24)3/h7,9-10,13-14,16-17H,6,8,11-12,15,18H2,1-5H3. The van der Waals surface area contributed by atoms with Crippen molar-refractivity contribution in [2.24, 2.45) is 0 Å². The van der Waals surface area contributed by atoms with Gasteiger partial charge in [-0.2, -0.15) is 9.61 Å². The maximum absolute atomic E-state index is 5.44. The molecular formula is C29H34N4O.